The molecule has 8 nitrogen and oxygen atoms in total. The fraction of sp³-hybridized carbons (Fsp3) is 0.500. The first-order valence-electron chi connectivity index (χ1n) is 5.60. The topological polar surface area (TPSA) is 122 Å². The molecule has 100 valence electrons. The minimum atomic E-state index is -0.408. The van der Waals surface area contributed by atoms with Gasteiger partial charge in [-0.25, -0.2) is 5.84 Å². The van der Waals surface area contributed by atoms with E-state index in [0.29, 0.717) is 18.2 Å². The second-order valence-electron chi connectivity index (χ2n) is 3.86. The zero-order valence-electron chi connectivity index (χ0n) is 10.8. The zero-order chi connectivity index (χ0) is 13.7. The van der Waals surface area contributed by atoms with Crippen molar-refractivity contribution in [2.45, 2.75) is 19.9 Å². The Balaban J connectivity index is 2.78. The molecule has 1 aromatic rings. The largest absolute Gasteiger partial charge is 0.368 e. The van der Waals surface area contributed by atoms with E-state index in [9.17, 15) is 4.79 Å². The van der Waals surface area contributed by atoms with Crippen LogP contribution in [0.4, 0.5) is 17.6 Å². The first-order chi connectivity index (χ1) is 8.47. The number of nitrogen functional groups attached to an aromatic ring is 2. The molecule has 1 amide bonds. The first-order valence-corrected chi connectivity index (χ1v) is 5.60. The predicted octanol–water partition coefficient (Wildman–Crippen LogP) is -0.377. The summed E-state index contributed by atoms with van der Waals surface area (Å²) in [4.78, 5) is 21.3. The maximum Gasteiger partial charge on any atom is 0.244 e. The predicted molar refractivity (Wildman–Crippen MR) is 70.7 cm³/mol. The van der Waals surface area contributed by atoms with Crippen molar-refractivity contribution in [3.63, 3.8) is 0 Å². The summed E-state index contributed by atoms with van der Waals surface area (Å²) >= 11 is 0. The maximum atomic E-state index is 11.9. The molecular formula is C10H19N7O. The van der Waals surface area contributed by atoms with Crippen molar-refractivity contribution in [1.29, 1.82) is 0 Å². The lowest BCUT2D eigenvalue weighted by Gasteiger charge is -2.21. The van der Waals surface area contributed by atoms with E-state index in [4.69, 9.17) is 11.6 Å². The van der Waals surface area contributed by atoms with E-state index in [1.807, 2.05) is 6.92 Å². The number of hydrazine groups is 1. The highest BCUT2D eigenvalue weighted by molar-refractivity contribution is 5.83. The van der Waals surface area contributed by atoms with Gasteiger partial charge < -0.3 is 21.4 Å². The van der Waals surface area contributed by atoms with Crippen LogP contribution in [0.15, 0.2) is 6.07 Å². The van der Waals surface area contributed by atoms with Gasteiger partial charge in [-0.3, -0.25) is 4.79 Å². The number of nitrogens with two attached hydrogens (primary N) is 2. The number of carbonyl (C=O) groups excluding carboxylic acids is 1. The van der Waals surface area contributed by atoms with Crippen LogP contribution in [0.25, 0.3) is 0 Å². The average Bonchev–Trinajstić information content (AvgIpc) is 2.35. The van der Waals surface area contributed by atoms with Crippen LogP contribution in [0, 0.1) is 0 Å². The highest BCUT2D eigenvalue weighted by Gasteiger charge is 2.16. The Morgan fingerprint density at radius 3 is 2.67 bits per heavy atom. The molecule has 0 aliphatic rings. The van der Waals surface area contributed by atoms with Crippen molar-refractivity contribution in [3.05, 3.63) is 6.07 Å². The Labute approximate surface area is 106 Å². The van der Waals surface area contributed by atoms with Gasteiger partial charge in [-0.2, -0.15) is 9.97 Å². The van der Waals surface area contributed by atoms with Gasteiger partial charge in [0, 0.05) is 19.7 Å². The summed E-state index contributed by atoms with van der Waals surface area (Å²) in [5.41, 5.74) is 7.90. The molecule has 0 saturated heterocycles. The summed E-state index contributed by atoms with van der Waals surface area (Å²) in [6.45, 7) is 4.30. The molecular weight excluding hydrogens is 234 g/mol. The van der Waals surface area contributed by atoms with Gasteiger partial charge >= 0.3 is 0 Å². The second-order valence-corrected chi connectivity index (χ2v) is 3.86. The van der Waals surface area contributed by atoms with Crippen LogP contribution < -0.4 is 22.3 Å². The Hall–Kier alpha value is -2.09. The van der Waals surface area contributed by atoms with Gasteiger partial charge in [-0.1, -0.05) is 0 Å². The van der Waals surface area contributed by atoms with Crippen molar-refractivity contribution < 1.29 is 4.79 Å². The van der Waals surface area contributed by atoms with Crippen molar-refractivity contribution >= 4 is 23.5 Å². The van der Waals surface area contributed by atoms with Crippen LogP contribution >= 0.6 is 0 Å². The molecule has 1 heterocycles. The third-order valence-corrected chi connectivity index (χ3v) is 2.48. The number of hydrogen-bond donors (Lipinski definition) is 4. The number of carbonyl (C=O) groups is 1. The van der Waals surface area contributed by atoms with E-state index < -0.39 is 6.04 Å². The molecule has 8 heteroatoms. The number of aromatic nitrogens is 2. The summed E-state index contributed by atoms with van der Waals surface area (Å²) in [5.74, 6) is 6.13. The van der Waals surface area contributed by atoms with Crippen molar-refractivity contribution in [3.8, 4) is 0 Å². The van der Waals surface area contributed by atoms with Crippen LogP contribution in [-0.2, 0) is 4.79 Å². The molecule has 18 heavy (non-hydrogen) atoms. The first kappa shape index (κ1) is 14.0. The van der Waals surface area contributed by atoms with Crippen molar-refractivity contribution in [1.82, 2.24) is 14.9 Å². The number of amides is 1. The van der Waals surface area contributed by atoms with E-state index in [1.165, 1.54) is 0 Å². The van der Waals surface area contributed by atoms with Gasteiger partial charge in [0.05, 0.1) is 0 Å². The van der Waals surface area contributed by atoms with Crippen molar-refractivity contribution in [2.75, 3.05) is 30.1 Å². The number of hydrogen-bond acceptors (Lipinski definition) is 7. The molecule has 1 atom stereocenters. The molecule has 6 N–H and O–H groups in total. The molecule has 0 aromatic carbocycles. The van der Waals surface area contributed by atoms with E-state index in [2.05, 4.69) is 20.7 Å². The van der Waals surface area contributed by atoms with Gasteiger partial charge in [-0.15, -0.1) is 0 Å². The smallest absolute Gasteiger partial charge is 0.244 e. The fourth-order valence-corrected chi connectivity index (χ4v) is 1.38. The van der Waals surface area contributed by atoms with Crippen LogP contribution in [0.2, 0.25) is 0 Å². The normalized spacial score (nSPS) is 11.8. The van der Waals surface area contributed by atoms with Crippen LogP contribution in [0.5, 0.6) is 0 Å². The van der Waals surface area contributed by atoms with Gasteiger partial charge in [-0.05, 0) is 13.8 Å². The fourth-order valence-electron chi connectivity index (χ4n) is 1.38. The lowest BCUT2D eigenvalue weighted by molar-refractivity contribution is -0.130. The van der Waals surface area contributed by atoms with Gasteiger partial charge in [0.15, 0.2) is 0 Å². The zero-order valence-corrected chi connectivity index (χ0v) is 10.8. The summed E-state index contributed by atoms with van der Waals surface area (Å²) in [6.07, 6.45) is 0. The summed E-state index contributed by atoms with van der Waals surface area (Å²) in [7, 11) is 1.74. The Morgan fingerprint density at radius 2 is 2.11 bits per heavy atom. The monoisotopic (exact) mass is 253 g/mol. The minimum absolute atomic E-state index is 0.0306. The maximum absolute atomic E-state index is 11.9. The van der Waals surface area contributed by atoms with Crippen molar-refractivity contribution in [2.24, 2.45) is 5.84 Å². The SMILES string of the molecule is CCN(C)C(=O)C(C)Nc1cc(NN)nc(N)n1. The Bertz CT molecular complexity index is 423. The third kappa shape index (κ3) is 3.45. The number of rotatable bonds is 5. The van der Waals surface area contributed by atoms with Crippen LogP contribution in [0.3, 0.4) is 0 Å². The molecule has 0 aliphatic carbocycles. The van der Waals surface area contributed by atoms with Gasteiger partial charge in [0.2, 0.25) is 11.9 Å². The van der Waals surface area contributed by atoms with E-state index in [-0.39, 0.29) is 11.9 Å². The Morgan fingerprint density at radius 1 is 1.50 bits per heavy atom. The van der Waals surface area contributed by atoms with E-state index >= 15 is 0 Å². The molecule has 0 bridgehead atoms. The van der Waals surface area contributed by atoms with Crippen LogP contribution in [-0.4, -0.2) is 40.4 Å². The van der Waals surface area contributed by atoms with E-state index in [1.54, 1.807) is 24.9 Å². The number of nitrogens with zero attached hydrogens (tertiary/aromatic N) is 3. The molecule has 0 spiro atoms. The number of anilines is 3. The van der Waals surface area contributed by atoms with E-state index in [0.717, 1.165) is 0 Å². The molecule has 0 aliphatic heterocycles. The van der Waals surface area contributed by atoms with Crippen LogP contribution in [0.1, 0.15) is 13.8 Å². The second kappa shape index (κ2) is 6.01. The standard InChI is InChI=1S/C10H19N7O/c1-4-17(3)9(18)6(2)13-7-5-8(16-12)15-10(11)14-7/h5-6H,4,12H2,1-3H3,(H4,11,13,14,15,16). The number of likely N-dealkylation sites (N-methyl/N-ethyl adjacent to an activating group) is 1. The quantitative estimate of drug-likeness (QED) is 0.417. The molecule has 1 aromatic heterocycles. The highest BCUT2D eigenvalue weighted by Crippen LogP contribution is 2.12. The highest BCUT2D eigenvalue weighted by atomic mass is 16.2. The average molecular weight is 253 g/mol. The molecule has 0 saturated carbocycles. The molecule has 1 unspecified atom stereocenters. The lowest BCUT2D eigenvalue weighted by Crippen LogP contribution is -2.39. The number of nitrogens with one attached hydrogen (secondary N) is 2. The molecule has 0 radical (unpaired) electrons. The lowest BCUT2D eigenvalue weighted by atomic mass is 10.3. The minimum Gasteiger partial charge on any atom is -0.368 e. The van der Waals surface area contributed by atoms with Gasteiger partial charge in [0.1, 0.15) is 17.7 Å². The summed E-state index contributed by atoms with van der Waals surface area (Å²) in [5, 5.41) is 2.95. The Kier molecular flexibility index (Phi) is 4.67. The molecule has 1 rings (SSSR count). The summed E-state index contributed by atoms with van der Waals surface area (Å²) in [6, 6.07) is 1.17. The molecule has 0 fully saturated rings. The summed E-state index contributed by atoms with van der Waals surface area (Å²) < 4.78 is 0. The van der Waals surface area contributed by atoms with Gasteiger partial charge in [0.25, 0.3) is 0 Å². The third-order valence-electron chi connectivity index (χ3n) is 2.48.